The van der Waals surface area contributed by atoms with Crippen molar-refractivity contribution in [2.45, 2.75) is 0 Å². The molecular weight excluding hydrogens is 194 g/mol. The molecule has 3 N–H and O–H groups in total. The first kappa shape index (κ1) is 9.20. The van der Waals surface area contributed by atoms with Crippen molar-refractivity contribution in [1.29, 1.82) is 0 Å². The van der Waals surface area contributed by atoms with Gasteiger partial charge < -0.3 is 10.9 Å². The van der Waals surface area contributed by atoms with Gasteiger partial charge in [-0.05, 0) is 12.1 Å². The Labute approximate surface area is 85.7 Å². The van der Waals surface area contributed by atoms with Gasteiger partial charge in [0.05, 0.1) is 5.56 Å². The Bertz CT molecular complexity index is 477. The number of amidine groups is 1. The first-order valence-electron chi connectivity index (χ1n) is 4.24. The van der Waals surface area contributed by atoms with Gasteiger partial charge in [-0.3, -0.25) is 4.57 Å². The molecule has 0 fully saturated rings. The Balaban J connectivity index is 2.57. The maximum atomic E-state index is 8.62. The van der Waals surface area contributed by atoms with E-state index in [4.69, 9.17) is 10.9 Å². The van der Waals surface area contributed by atoms with Crippen LogP contribution in [0.4, 0.5) is 0 Å². The fourth-order valence-electron chi connectivity index (χ4n) is 1.24. The monoisotopic (exact) mass is 203 g/mol. The molecule has 2 aromatic rings. The van der Waals surface area contributed by atoms with E-state index in [0.717, 1.165) is 0 Å². The molecule has 0 aliphatic carbocycles. The van der Waals surface area contributed by atoms with Gasteiger partial charge in [0.25, 0.3) is 0 Å². The fraction of sp³-hybridized carbons (Fsp3) is 0. The first-order chi connectivity index (χ1) is 7.33. The summed E-state index contributed by atoms with van der Waals surface area (Å²) >= 11 is 0. The molecule has 6 heteroatoms. The second-order valence-corrected chi connectivity index (χ2v) is 2.83. The summed E-state index contributed by atoms with van der Waals surface area (Å²) < 4.78 is 1.69. The Morgan fingerprint density at radius 3 is 3.00 bits per heavy atom. The second-order valence-electron chi connectivity index (χ2n) is 2.83. The van der Waals surface area contributed by atoms with E-state index >= 15 is 0 Å². The van der Waals surface area contributed by atoms with Gasteiger partial charge in [-0.15, -0.1) is 0 Å². The second kappa shape index (κ2) is 3.79. The Morgan fingerprint density at radius 2 is 2.33 bits per heavy atom. The van der Waals surface area contributed by atoms with Crippen molar-refractivity contribution in [3.05, 3.63) is 42.6 Å². The minimum absolute atomic E-state index is 0.0202. The van der Waals surface area contributed by atoms with Crippen molar-refractivity contribution in [3.63, 3.8) is 0 Å². The summed E-state index contributed by atoms with van der Waals surface area (Å²) in [6, 6.07) is 3.44. The fourth-order valence-corrected chi connectivity index (χ4v) is 1.24. The van der Waals surface area contributed by atoms with Crippen LogP contribution in [0.25, 0.3) is 5.82 Å². The summed E-state index contributed by atoms with van der Waals surface area (Å²) in [6.07, 6.45) is 6.58. The molecule has 6 nitrogen and oxygen atoms in total. The molecule has 0 radical (unpaired) electrons. The van der Waals surface area contributed by atoms with Crippen LogP contribution in [0.3, 0.4) is 0 Å². The summed E-state index contributed by atoms with van der Waals surface area (Å²) in [4.78, 5) is 8.05. The maximum absolute atomic E-state index is 8.62. The third-order valence-corrected chi connectivity index (χ3v) is 1.92. The van der Waals surface area contributed by atoms with Crippen LogP contribution in [-0.2, 0) is 0 Å². The number of imidazole rings is 1. The molecule has 0 aliphatic heterocycles. The maximum Gasteiger partial charge on any atom is 0.173 e. The molecule has 0 aromatic carbocycles. The number of nitrogens with two attached hydrogens (primary N) is 1. The summed E-state index contributed by atoms with van der Waals surface area (Å²) in [7, 11) is 0. The molecule has 0 bridgehead atoms. The Hall–Kier alpha value is -2.37. The zero-order valence-corrected chi connectivity index (χ0v) is 7.78. The number of hydrogen-bond donors (Lipinski definition) is 2. The van der Waals surface area contributed by atoms with Crippen LogP contribution in [0, 0.1) is 0 Å². The highest BCUT2D eigenvalue weighted by molar-refractivity contribution is 5.99. The van der Waals surface area contributed by atoms with E-state index in [0.29, 0.717) is 11.4 Å². The van der Waals surface area contributed by atoms with E-state index < -0.39 is 0 Å². The molecular formula is C9H9N5O. The van der Waals surface area contributed by atoms with E-state index in [-0.39, 0.29) is 5.84 Å². The van der Waals surface area contributed by atoms with Crippen molar-refractivity contribution in [1.82, 2.24) is 14.5 Å². The third kappa shape index (κ3) is 1.64. The van der Waals surface area contributed by atoms with Gasteiger partial charge in [-0.1, -0.05) is 5.16 Å². The van der Waals surface area contributed by atoms with Crippen molar-refractivity contribution in [2.75, 3.05) is 0 Å². The lowest BCUT2D eigenvalue weighted by atomic mass is 10.2. The number of oxime groups is 1. The smallest absolute Gasteiger partial charge is 0.173 e. The summed E-state index contributed by atoms with van der Waals surface area (Å²) in [5, 5.41) is 11.6. The number of nitrogens with zero attached hydrogens (tertiary/aromatic N) is 4. The molecule has 2 rings (SSSR count). The predicted molar refractivity (Wildman–Crippen MR) is 53.9 cm³/mol. The molecule has 0 aliphatic rings. The predicted octanol–water partition coefficient (Wildman–Crippen LogP) is 0.362. The SMILES string of the molecule is N/C(=N\O)c1cccnc1-n1ccnc1. The Morgan fingerprint density at radius 1 is 1.47 bits per heavy atom. The molecule has 2 heterocycles. The summed E-state index contributed by atoms with van der Waals surface area (Å²) in [6.45, 7) is 0. The molecule has 0 spiro atoms. The van der Waals surface area contributed by atoms with Gasteiger partial charge >= 0.3 is 0 Å². The lowest BCUT2D eigenvalue weighted by Gasteiger charge is -2.06. The minimum Gasteiger partial charge on any atom is -0.409 e. The number of aromatic nitrogens is 3. The standard InChI is InChI=1S/C9H9N5O/c10-8(13-15)7-2-1-3-12-9(7)14-5-4-11-6-14/h1-6,15H,(H2,10,13). The van der Waals surface area contributed by atoms with Crippen LogP contribution in [-0.4, -0.2) is 25.6 Å². The zero-order valence-electron chi connectivity index (χ0n) is 7.78. The van der Waals surface area contributed by atoms with Gasteiger partial charge in [0, 0.05) is 18.6 Å². The quantitative estimate of drug-likeness (QED) is 0.319. The number of pyridine rings is 1. The lowest BCUT2D eigenvalue weighted by molar-refractivity contribution is 0.318. The molecule has 0 unspecified atom stereocenters. The van der Waals surface area contributed by atoms with E-state index in [2.05, 4.69) is 15.1 Å². The lowest BCUT2D eigenvalue weighted by Crippen LogP contribution is -2.16. The highest BCUT2D eigenvalue weighted by Gasteiger charge is 2.08. The largest absolute Gasteiger partial charge is 0.409 e. The van der Waals surface area contributed by atoms with Crippen LogP contribution in [0.2, 0.25) is 0 Å². The number of hydrogen-bond acceptors (Lipinski definition) is 4. The zero-order chi connectivity index (χ0) is 10.7. The van der Waals surface area contributed by atoms with Crippen LogP contribution < -0.4 is 5.73 Å². The average molecular weight is 203 g/mol. The van der Waals surface area contributed by atoms with E-state index in [1.807, 2.05) is 0 Å². The molecule has 0 saturated carbocycles. The van der Waals surface area contributed by atoms with Gasteiger partial charge in [0.1, 0.15) is 12.1 Å². The van der Waals surface area contributed by atoms with Gasteiger partial charge in [-0.25, -0.2) is 9.97 Å². The summed E-state index contributed by atoms with van der Waals surface area (Å²) in [5.74, 6) is 0.595. The molecule has 0 atom stereocenters. The highest BCUT2D eigenvalue weighted by Crippen LogP contribution is 2.09. The number of rotatable bonds is 2. The minimum atomic E-state index is 0.0202. The van der Waals surface area contributed by atoms with Gasteiger partial charge in [0.2, 0.25) is 0 Å². The summed E-state index contributed by atoms with van der Waals surface area (Å²) in [5.41, 5.74) is 6.08. The molecule has 76 valence electrons. The van der Waals surface area contributed by atoms with Crippen molar-refractivity contribution < 1.29 is 5.21 Å². The van der Waals surface area contributed by atoms with Gasteiger partial charge in [0.15, 0.2) is 5.84 Å². The van der Waals surface area contributed by atoms with E-state index in [1.54, 1.807) is 41.6 Å². The van der Waals surface area contributed by atoms with Crippen molar-refractivity contribution in [2.24, 2.45) is 10.9 Å². The molecule has 2 aromatic heterocycles. The third-order valence-electron chi connectivity index (χ3n) is 1.92. The van der Waals surface area contributed by atoms with Crippen LogP contribution >= 0.6 is 0 Å². The average Bonchev–Trinajstić information content (AvgIpc) is 2.81. The van der Waals surface area contributed by atoms with Crippen LogP contribution in [0.15, 0.2) is 42.2 Å². The normalized spacial score (nSPS) is 11.6. The van der Waals surface area contributed by atoms with E-state index in [9.17, 15) is 0 Å². The van der Waals surface area contributed by atoms with Crippen LogP contribution in [0.5, 0.6) is 0 Å². The molecule has 0 saturated heterocycles. The van der Waals surface area contributed by atoms with Gasteiger partial charge in [-0.2, -0.15) is 0 Å². The molecule has 0 amide bonds. The first-order valence-corrected chi connectivity index (χ1v) is 4.24. The van der Waals surface area contributed by atoms with E-state index in [1.165, 1.54) is 0 Å². The molecule has 15 heavy (non-hydrogen) atoms. The Kier molecular flexibility index (Phi) is 2.32. The van der Waals surface area contributed by atoms with Crippen molar-refractivity contribution >= 4 is 5.84 Å². The van der Waals surface area contributed by atoms with Crippen LogP contribution in [0.1, 0.15) is 5.56 Å². The van der Waals surface area contributed by atoms with Crippen molar-refractivity contribution in [3.8, 4) is 5.82 Å². The highest BCUT2D eigenvalue weighted by atomic mass is 16.4. The topological polar surface area (TPSA) is 89.3 Å².